The second-order valence-corrected chi connectivity index (χ2v) is 4.95. The summed E-state index contributed by atoms with van der Waals surface area (Å²) in [6.07, 6.45) is 0. The van der Waals surface area contributed by atoms with Gasteiger partial charge in [0, 0.05) is 13.1 Å². The van der Waals surface area contributed by atoms with Gasteiger partial charge in [-0.25, -0.2) is 4.79 Å². The van der Waals surface area contributed by atoms with Crippen molar-refractivity contribution >= 4 is 23.3 Å². The van der Waals surface area contributed by atoms with Gasteiger partial charge in [0.15, 0.2) is 0 Å². The molecule has 1 saturated heterocycles. The number of amides is 2. The van der Waals surface area contributed by atoms with Crippen molar-refractivity contribution in [2.45, 2.75) is 13.0 Å². The third-order valence-corrected chi connectivity index (χ3v) is 3.60. The smallest absolute Gasteiger partial charge is 0.317 e. The monoisotopic (exact) mass is 254 g/mol. The molecule has 1 aliphatic rings. The van der Waals surface area contributed by atoms with Gasteiger partial charge in [-0.3, -0.25) is 4.79 Å². The van der Waals surface area contributed by atoms with E-state index in [1.165, 1.54) is 4.90 Å². The molecule has 5 nitrogen and oxygen atoms in total. The molecule has 0 aromatic carbocycles. The largest absolute Gasteiger partial charge is 0.481 e. The van der Waals surface area contributed by atoms with Crippen molar-refractivity contribution in [3.63, 3.8) is 0 Å². The normalized spacial score (nSPS) is 17.4. The number of aliphatic carboxylic acids is 1. The number of likely N-dealkylation sites (tertiary alicyclic amines) is 1. The van der Waals surface area contributed by atoms with E-state index in [1.54, 1.807) is 11.3 Å². The van der Waals surface area contributed by atoms with Gasteiger partial charge in [0.25, 0.3) is 0 Å². The standard InChI is InChI=1S/C11H14N2O3S/c1-7(8-2-3-17-6-8)12-11(16)13-4-9(5-13)10(14)15/h2-3,6-7,9H,4-5H2,1H3,(H,12,16)(H,14,15). The Hall–Kier alpha value is -1.56. The summed E-state index contributed by atoms with van der Waals surface area (Å²) < 4.78 is 0. The highest BCUT2D eigenvalue weighted by Gasteiger charge is 2.35. The Bertz CT molecular complexity index is 412. The van der Waals surface area contributed by atoms with Gasteiger partial charge < -0.3 is 15.3 Å². The summed E-state index contributed by atoms with van der Waals surface area (Å²) in [5.41, 5.74) is 1.07. The molecule has 1 aromatic rings. The van der Waals surface area contributed by atoms with Crippen molar-refractivity contribution in [3.05, 3.63) is 22.4 Å². The van der Waals surface area contributed by atoms with Crippen LogP contribution in [0.1, 0.15) is 18.5 Å². The van der Waals surface area contributed by atoms with Crippen LogP contribution in [-0.4, -0.2) is 35.1 Å². The molecule has 0 saturated carbocycles. The van der Waals surface area contributed by atoms with Gasteiger partial charge in [0.2, 0.25) is 0 Å². The van der Waals surface area contributed by atoms with Crippen LogP contribution >= 0.6 is 11.3 Å². The van der Waals surface area contributed by atoms with Crippen LogP contribution in [0, 0.1) is 5.92 Å². The first-order chi connectivity index (χ1) is 8.08. The zero-order valence-electron chi connectivity index (χ0n) is 9.42. The Morgan fingerprint density at radius 1 is 1.59 bits per heavy atom. The lowest BCUT2D eigenvalue weighted by atomic mass is 10.0. The molecule has 1 aromatic heterocycles. The number of rotatable bonds is 3. The lowest BCUT2D eigenvalue weighted by Crippen LogP contribution is -2.56. The predicted molar refractivity (Wildman–Crippen MR) is 64.0 cm³/mol. The highest BCUT2D eigenvalue weighted by molar-refractivity contribution is 7.07. The average molecular weight is 254 g/mol. The SMILES string of the molecule is CC(NC(=O)N1CC(C(=O)O)C1)c1ccsc1. The maximum absolute atomic E-state index is 11.7. The van der Waals surface area contributed by atoms with Gasteiger partial charge in [-0.05, 0) is 29.3 Å². The maximum atomic E-state index is 11.7. The van der Waals surface area contributed by atoms with Crippen LogP contribution in [0.25, 0.3) is 0 Å². The third kappa shape index (κ3) is 2.58. The first-order valence-electron chi connectivity index (χ1n) is 5.38. The number of hydrogen-bond donors (Lipinski definition) is 2. The van der Waals surface area contributed by atoms with Gasteiger partial charge in [-0.1, -0.05) is 0 Å². The van der Waals surface area contributed by atoms with E-state index in [9.17, 15) is 9.59 Å². The van der Waals surface area contributed by atoms with Crippen LogP contribution in [0.3, 0.4) is 0 Å². The Morgan fingerprint density at radius 2 is 2.29 bits per heavy atom. The molecule has 2 rings (SSSR count). The molecule has 2 heterocycles. The Kier molecular flexibility index (Phi) is 3.33. The van der Waals surface area contributed by atoms with E-state index in [1.807, 2.05) is 23.8 Å². The number of carboxylic acid groups (broad SMARTS) is 1. The number of thiophene rings is 1. The Morgan fingerprint density at radius 3 is 2.82 bits per heavy atom. The van der Waals surface area contributed by atoms with E-state index in [-0.39, 0.29) is 12.1 Å². The number of nitrogens with zero attached hydrogens (tertiary/aromatic N) is 1. The van der Waals surface area contributed by atoms with Crippen molar-refractivity contribution in [1.29, 1.82) is 0 Å². The summed E-state index contributed by atoms with van der Waals surface area (Å²) in [6.45, 7) is 2.52. The van der Waals surface area contributed by atoms with Gasteiger partial charge >= 0.3 is 12.0 Å². The van der Waals surface area contributed by atoms with Gasteiger partial charge in [-0.15, -0.1) is 0 Å². The molecule has 92 valence electrons. The molecule has 1 aliphatic heterocycles. The molecule has 2 N–H and O–H groups in total. The molecular formula is C11H14N2O3S. The fourth-order valence-corrected chi connectivity index (χ4v) is 2.44. The van der Waals surface area contributed by atoms with Gasteiger partial charge in [0.05, 0.1) is 12.0 Å². The van der Waals surface area contributed by atoms with Crippen LogP contribution in [0.2, 0.25) is 0 Å². The molecule has 1 unspecified atom stereocenters. The summed E-state index contributed by atoms with van der Waals surface area (Å²) in [4.78, 5) is 23.8. The van der Waals surface area contributed by atoms with Gasteiger partial charge in [-0.2, -0.15) is 11.3 Å². The van der Waals surface area contributed by atoms with Crippen molar-refractivity contribution < 1.29 is 14.7 Å². The number of hydrogen-bond acceptors (Lipinski definition) is 3. The minimum absolute atomic E-state index is 0.0439. The van der Waals surface area contributed by atoms with E-state index < -0.39 is 11.9 Å². The summed E-state index contributed by atoms with van der Waals surface area (Å²) >= 11 is 1.58. The molecule has 1 fully saturated rings. The van der Waals surface area contributed by atoms with Crippen molar-refractivity contribution in [2.75, 3.05) is 13.1 Å². The Labute approximate surface area is 103 Å². The van der Waals surface area contributed by atoms with E-state index in [2.05, 4.69) is 5.32 Å². The molecule has 0 aliphatic carbocycles. The third-order valence-electron chi connectivity index (χ3n) is 2.90. The Balaban J connectivity index is 1.81. The second kappa shape index (κ2) is 4.75. The van der Waals surface area contributed by atoms with Gasteiger partial charge in [0.1, 0.15) is 0 Å². The molecule has 0 spiro atoms. The van der Waals surface area contributed by atoms with E-state index >= 15 is 0 Å². The summed E-state index contributed by atoms with van der Waals surface area (Å²) in [5, 5.41) is 15.5. The first kappa shape index (κ1) is 11.9. The molecule has 17 heavy (non-hydrogen) atoms. The maximum Gasteiger partial charge on any atom is 0.317 e. The number of nitrogens with one attached hydrogen (secondary N) is 1. The molecular weight excluding hydrogens is 240 g/mol. The fraction of sp³-hybridized carbons (Fsp3) is 0.455. The number of carboxylic acids is 1. The summed E-state index contributed by atoms with van der Waals surface area (Å²) in [6, 6.07) is 1.73. The minimum Gasteiger partial charge on any atom is -0.481 e. The van der Waals surface area contributed by atoms with Crippen LogP contribution in [0.5, 0.6) is 0 Å². The number of carbonyl (C=O) groups is 2. The van der Waals surface area contributed by atoms with Crippen molar-refractivity contribution in [3.8, 4) is 0 Å². The summed E-state index contributed by atoms with van der Waals surface area (Å²) in [5.74, 6) is -1.24. The van der Waals surface area contributed by atoms with Crippen LogP contribution < -0.4 is 5.32 Å². The molecule has 2 amide bonds. The average Bonchev–Trinajstić information content (AvgIpc) is 2.66. The zero-order chi connectivity index (χ0) is 12.4. The van der Waals surface area contributed by atoms with Crippen molar-refractivity contribution in [1.82, 2.24) is 10.2 Å². The lowest BCUT2D eigenvalue weighted by molar-refractivity contribution is -0.146. The number of urea groups is 1. The van der Waals surface area contributed by atoms with E-state index in [0.29, 0.717) is 13.1 Å². The highest BCUT2D eigenvalue weighted by atomic mass is 32.1. The predicted octanol–water partition coefficient (Wildman–Crippen LogP) is 1.54. The highest BCUT2D eigenvalue weighted by Crippen LogP contribution is 2.19. The van der Waals surface area contributed by atoms with E-state index in [4.69, 9.17) is 5.11 Å². The lowest BCUT2D eigenvalue weighted by Gasteiger charge is -2.37. The van der Waals surface area contributed by atoms with Crippen LogP contribution in [-0.2, 0) is 4.79 Å². The van der Waals surface area contributed by atoms with Crippen LogP contribution in [0.4, 0.5) is 4.79 Å². The molecule has 6 heteroatoms. The van der Waals surface area contributed by atoms with E-state index in [0.717, 1.165) is 5.56 Å². The molecule has 0 bridgehead atoms. The second-order valence-electron chi connectivity index (χ2n) is 4.17. The van der Waals surface area contributed by atoms with Crippen LogP contribution in [0.15, 0.2) is 16.8 Å². The summed E-state index contributed by atoms with van der Waals surface area (Å²) in [7, 11) is 0. The molecule has 0 radical (unpaired) electrons. The quantitative estimate of drug-likeness (QED) is 0.859. The zero-order valence-corrected chi connectivity index (χ0v) is 10.2. The first-order valence-corrected chi connectivity index (χ1v) is 6.32. The van der Waals surface area contributed by atoms with Crippen molar-refractivity contribution in [2.24, 2.45) is 5.92 Å². The fourth-order valence-electron chi connectivity index (χ4n) is 1.68. The topological polar surface area (TPSA) is 69.6 Å². The number of carbonyl (C=O) groups excluding carboxylic acids is 1. The minimum atomic E-state index is -0.833. The molecule has 1 atom stereocenters.